The number of hydrogen-bond acceptors (Lipinski definition) is 1. The normalized spacial score (nSPS) is 31.5. The molecule has 2 atom stereocenters. The van der Waals surface area contributed by atoms with E-state index in [1.807, 2.05) is 0 Å². The van der Waals surface area contributed by atoms with Crippen molar-refractivity contribution in [3.63, 3.8) is 0 Å². The molecule has 3 heteroatoms. The molecule has 1 aliphatic rings. The third-order valence-corrected chi connectivity index (χ3v) is 3.12. The van der Waals surface area contributed by atoms with Crippen LogP contribution in [-0.4, -0.2) is 18.8 Å². The van der Waals surface area contributed by atoms with Gasteiger partial charge in [0.1, 0.15) is 11.5 Å². The predicted octanol–water partition coefficient (Wildman–Crippen LogP) is 2.63. The van der Waals surface area contributed by atoms with Gasteiger partial charge in [-0.3, -0.25) is 0 Å². The van der Waals surface area contributed by atoms with Gasteiger partial charge in [0.05, 0.1) is 0 Å². The van der Waals surface area contributed by atoms with Crippen LogP contribution in [0, 0.1) is 5.82 Å². The Kier molecular flexibility index (Phi) is 2.74. The summed E-state index contributed by atoms with van der Waals surface area (Å²) in [5.74, 6) is -0.546. The van der Waals surface area contributed by atoms with Gasteiger partial charge in [0.2, 0.25) is 0 Å². The summed E-state index contributed by atoms with van der Waals surface area (Å²) in [7, 11) is 0. The lowest BCUT2D eigenvalue weighted by Gasteiger charge is -2.35. The highest BCUT2D eigenvalue weighted by Crippen LogP contribution is 2.36. The van der Waals surface area contributed by atoms with Crippen LogP contribution in [-0.2, 0) is 0 Å². The van der Waals surface area contributed by atoms with Gasteiger partial charge in [0, 0.05) is 12.5 Å². The molecule has 1 fully saturated rings. The summed E-state index contributed by atoms with van der Waals surface area (Å²) in [6.07, 6.45) is 0.480. The molecule has 1 aliphatic heterocycles. The molecule has 0 aliphatic carbocycles. The molecule has 2 rings (SSSR count). The molecule has 82 valence electrons. The van der Waals surface area contributed by atoms with Crippen molar-refractivity contribution in [1.29, 1.82) is 0 Å². The highest BCUT2D eigenvalue weighted by molar-refractivity contribution is 5.25. The van der Waals surface area contributed by atoms with Gasteiger partial charge in [-0.05, 0) is 37.6 Å². The maximum absolute atomic E-state index is 14.2. The standard InChI is InChI=1S/C12H15F2N/c1-12(14)5-6-15-8-11(12)9-3-2-4-10(13)7-9/h2-4,7,11,15H,5-6,8H2,1H3. The van der Waals surface area contributed by atoms with Gasteiger partial charge in [-0.25, -0.2) is 8.78 Å². The SMILES string of the molecule is CC1(F)CCNCC1c1cccc(F)c1. The Balaban J connectivity index is 2.29. The molecule has 0 spiro atoms. The fourth-order valence-electron chi connectivity index (χ4n) is 2.15. The smallest absolute Gasteiger partial charge is 0.123 e. The second-order valence-electron chi connectivity index (χ2n) is 4.34. The van der Waals surface area contributed by atoms with Crippen molar-refractivity contribution >= 4 is 0 Å². The molecule has 1 N–H and O–H groups in total. The summed E-state index contributed by atoms with van der Waals surface area (Å²) in [4.78, 5) is 0. The van der Waals surface area contributed by atoms with Crippen molar-refractivity contribution in [3.05, 3.63) is 35.6 Å². The van der Waals surface area contributed by atoms with E-state index in [1.165, 1.54) is 12.1 Å². The average molecular weight is 211 g/mol. The first-order valence-corrected chi connectivity index (χ1v) is 5.25. The first-order valence-electron chi connectivity index (χ1n) is 5.25. The van der Waals surface area contributed by atoms with E-state index in [1.54, 1.807) is 19.1 Å². The van der Waals surface area contributed by atoms with Gasteiger partial charge >= 0.3 is 0 Å². The van der Waals surface area contributed by atoms with Crippen LogP contribution in [0.25, 0.3) is 0 Å². The van der Waals surface area contributed by atoms with Crippen LogP contribution < -0.4 is 5.32 Å². The van der Waals surface area contributed by atoms with Gasteiger partial charge in [0.15, 0.2) is 0 Å². The number of halogens is 2. The number of hydrogen-bond donors (Lipinski definition) is 1. The molecule has 1 saturated heterocycles. The van der Waals surface area contributed by atoms with E-state index in [4.69, 9.17) is 0 Å². The van der Waals surface area contributed by atoms with Gasteiger partial charge in [0.25, 0.3) is 0 Å². The van der Waals surface area contributed by atoms with E-state index in [2.05, 4.69) is 5.32 Å². The molecule has 0 aromatic heterocycles. The topological polar surface area (TPSA) is 12.0 Å². The molecule has 2 unspecified atom stereocenters. The van der Waals surface area contributed by atoms with Gasteiger partial charge in [-0.2, -0.15) is 0 Å². The number of alkyl halides is 1. The zero-order valence-electron chi connectivity index (χ0n) is 8.76. The zero-order valence-corrected chi connectivity index (χ0v) is 8.76. The molecule has 0 amide bonds. The van der Waals surface area contributed by atoms with Crippen molar-refractivity contribution in [2.45, 2.75) is 24.9 Å². The minimum Gasteiger partial charge on any atom is -0.316 e. The van der Waals surface area contributed by atoms with Crippen LogP contribution in [0.15, 0.2) is 24.3 Å². The summed E-state index contributed by atoms with van der Waals surface area (Å²) in [6, 6.07) is 6.23. The Morgan fingerprint density at radius 3 is 2.93 bits per heavy atom. The molecule has 0 saturated carbocycles. The van der Waals surface area contributed by atoms with Crippen molar-refractivity contribution in [1.82, 2.24) is 5.32 Å². The largest absolute Gasteiger partial charge is 0.316 e. The minimum atomic E-state index is -1.24. The Bertz CT molecular complexity index is 349. The van der Waals surface area contributed by atoms with Crippen LogP contribution in [0.5, 0.6) is 0 Å². The first-order chi connectivity index (χ1) is 7.09. The molecule has 0 bridgehead atoms. The maximum atomic E-state index is 14.2. The van der Waals surface area contributed by atoms with Crippen LogP contribution in [0.4, 0.5) is 8.78 Å². The number of rotatable bonds is 1. The van der Waals surface area contributed by atoms with Crippen LogP contribution in [0.2, 0.25) is 0 Å². The lowest BCUT2D eigenvalue weighted by atomic mass is 9.80. The van der Waals surface area contributed by atoms with Gasteiger partial charge in [-0.15, -0.1) is 0 Å². The third-order valence-electron chi connectivity index (χ3n) is 3.12. The van der Waals surface area contributed by atoms with Crippen molar-refractivity contribution in [3.8, 4) is 0 Å². The monoisotopic (exact) mass is 211 g/mol. The van der Waals surface area contributed by atoms with Crippen molar-refractivity contribution in [2.75, 3.05) is 13.1 Å². The number of nitrogens with one attached hydrogen (secondary N) is 1. The van der Waals surface area contributed by atoms with Gasteiger partial charge in [-0.1, -0.05) is 12.1 Å². The summed E-state index contributed by atoms with van der Waals surface area (Å²) in [5, 5.41) is 3.15. The Labute approximate surface area is 88.5 Å². The summed E-state index contributed by atoms with van der Waals surface area (Å²) in [5.41, 5.74) is -0.494. The zero-order chi connectivity index (χ0) is 10.9. The average Bonchev–Trinajstić information content (AvgIpc) is 2.17. The fraction of sp³-hybridized carbons (Fsp3) is 0.500. The Morgan fingerprint density at radius 1 is 1.47 bits per heavy atom. The first kappa shape index (κ1) is 10.6. The molecule has 1 heterocycles. The molecule has 1 aromatic carbocycles. The lowest BCUT2D eigenvalue weighted by molar-refractivity contribution is 0.110. The van der Waals surface area contributed by atoms with Crippen molar-refractivity contribution < 1.29 is 8.78 Å². The van der Waals surface area contributed by atoms with Crippen molar-refractivity contribution in [2.24, 2.45) is 0 Å². The Morgan fingerprint density at radius 2 is 2.27 bits per heavy atom. The van der Waals surface area contributed by atoms with E-state index in [0.717, 1.165) is 5.56 Å². The second kappa shape index (κ2) is 3.89. The van der Waals surface area contributed by atoms with Crippen LogP contribution in [0.3, 0.4) is 0 Å². The number of piperidine rings is 1. The van der Waals surface area contributed by atoms with E-state index in [0.29, 0.717) is 19.5 Å². The molecule has 1 nitrogen and oxygen atoms in total. The van der Waals surface area contributed by atoms with Crippen LogP contribution >= 0.6 is 0 Å². The minimum absolute atomic E-state index is 0.248. The molecule has 1 aromatic rings. The molecule has 15 heavy (non-hydrogen) atoms. The summed E-state index contributed by atoms with van der Waals surface area (Å²) < 4.78 is 27.2. The number of benzene rings is 1. The summed E-state index contributed by atoms with van der Waals surface area (Å²) >= 11 is 0. The van der Waals surface area contributed by atoms with Gasteiger partial charge < -0.3 is 5.32 Å². The van der Waals surface area contributed by atoms with E-state index < -0.39 is 5.67 Å². The molecular weight excluding hydrogens is 196 g/mol. The highest BCUT2D eigenvalue weighted by Gasteiger charge is 2.37. The lowest BCUT2D eigenvalue weighted by Crippen LogP contribution is -2.43. The van der Waals surface area contributed by atoms with E-state index >= 15 is 0 Å². The van der Waals surface area contributed by atoms with E-state index in [9.17, 15) is 8.78 Å². The van der Waals surface area contributed by atoms with E-state index in [-0.39, 0.29) is 11.7 Å². The fourth-order valence-corrected chi connectivity index (χ4v) is 2.15. The van der Waals surface area contributed by atoms with Crippen LogP contribution in [0.1, 0.15) is 24.8 Å². The second-order valence-corrected chi connectivity index (χ2v) is 4.34. The highest BCUT2D eigenvalue weighted by atomic mass is 19.1. The molecular formula is C12H15F2N. The maximum Gasteiger partial charge on any atom is 0.123 e. The Hall–Kier alpha value is -0.960. The third kappa shape index (κ3) is 2.17. The summed E-state index contributed by atoms with van der Waals surface area (Å²) in [6.45, 7) is 2.87. The molecule has 0 radical (unpaired) electrons. The quantitative estimate of drug-likeness (QED) is 0.753. The predicted molar refractivity (Wildman–Crippen MR) is 56.1 cm³/mol.